The molecule has 39 heavy (non-hydrogen) atoms. The first kappa shape index (κ1) is 27.1. The summed E-state index contributed by atoms with van der Waals surface area (Å²) in [6, 6.07) is 16.5. The van der Waals surface area contributed by atoms with Gasteiger partial charge in [-0.2, -0.15) is 5.10 Å². The van der Waals surface area contributed by atoms with Gasteiger partial charge in [-0.15, -0.1) is 0 Å². The number of halogens is 1. The summed E-state index contributed by atoms with van der Waals surface area (Å²) in [6.07, 6.45) is 6.13. The number of likely N-dealkylation sites (tertiary alicyclic amines) is 1. The molecule has 1 fully saturated rings. The number of aryl methyl sites for hydroxylation is 1. The number of carbonyl (C=O) groups excluding carboxylic acids is 1. The Balaban J connectivity index is 1.40. The number of aromatic nitrogens is 3. The molecule has 1 aliphatic heterocycles. The van der Waals surface area contributed by atoms with E-state index in [0.717, 1.165) is 41.9 Å². The zero-order chi connectivity index (χ0) is 27.5. The summed E-state index contributed by atoms with van der Waals surface area (Å²) < 4.78 is 16.5. The molecule has 1 aliphatic rings. The Morgan fingerprint density at radius 3 is 2.77 bits per heavy atom. The highest BCUT2D eigenvalue weighted by molar-refractivity contribution is 7.85. The number of piperidine rings is 1. The van der Waals surface area contributed by atoms with Crippen LogP contribution in [0, 0.1) is 6.92 Å². The van der Waals surface area contributed by atoms with Crippen molar-refractivity contribution < 1.29 is 9.00 Å². The molecule has 2 aromatic heterocycles. The Morgan fingerprint density at radius 2 is 2.00 bits per heavy atom. The Hall–Kier alpha value is -3.47. The number of rotatable bonds is 8. The molecular weight excluding hydrogens is 534 g/mol. The third kappa shape index (κ3) is 6.08. The first-order valence-electron chi connectivity index (χ1n) is 12.9. The Kier molecular flexibility index (Phi) is 8.15. The maximum absolute atomic E-state index is 13.8. The van der Waals surface area contributed by atoms with E-state index in [9.17, 15) is 9.00 Å². The number of amides is 1. The van der Waals surface area contributed by atoms with Crippen LogP contribution < -0.4 is 15.8 Å². The van der Waals surface area contributed by atoms with Crippen molar-refractivity contribution in [1.29, 1.82) is 0 Å². The van der Waals surface area contributed by atoms with Gasteiger partial charge in [0.1, 0.15) is 16.8 Å². The summed E-state index contributed by atoms with van der Waals surface area (Å²) in [5, 5.41) is 8.64. The van der Waals surface area contributed by atoms with Gasteiger partial charge in [0.2, 0.25) is 0 Å². The van der Waals surface area contributed by atoms with E-state index in [0.29, 0.717) is 35.0 Å². The van der Waals surface area contributed by atoms with Crippen LogP contribution in [0.3, 0.4) is 0 Å². The van der Waals surface area contributed by atoms with E-state index in [2.05, 4.69) is 10.0 Å². The van der Waals surface area contributed by atoms with Gasteiger partial charge in [-0.25, -0.2) is 13.7 Å². The van der Waals surface area contributed by atoms with Gasteiger partial charge in [0.15, 0.2) is 5.65 Å². The van der Waals surface area contributed by atoms with Gasteiger partial charge in [0, 0.05) is 48.2 Å². The fourth-order valence-corrected chi connectivity index (χ4v) is 5.63. The molecule has 0 bridgehead atoms. The minimum atomic E-state index is -1.33. The van der Waals surface area contributed by atoms with Crippen LogP contribution in [-0.2, 0) is 11.0 Å². The van der Waals surface area contributed by atoms with Crippen LogP contribution in [0.5, 0.6) is 0 Å². The van der Waals surface area contributed by atoms with Crippen LogP contribution in [0.4, 0.5) is 11.5 Å². The van der Waals surface area contributed by atoms with Crippen molar-refractivity contribution in [3.8, 4) is 0 Å². The number of hydrogen-bond donors (Lipinski definition) is 3. The first-order chi connectivity index (χ1) is 18.8. The monoisotopic (exact) mass is 565 g/mol. The Morgan fingerprint density at radius 1 is 1.21 bits per heavy atom. The molecule has 0 radical (unpaired) electrons. The van der Waals surface area contributed by atoms with E-state index in [1.54, 1.807) is 22.7 Å². The van der Waals surface area contributed by atoms with Crippen molar-refractivity contribution >= 4 is 45.6 Å². The van der Waals surface area contributed by atoms with Gasteiger partial charge in [-0.3, -0.25) is 4.79 Å². The van der Waals surface area contributed by atoms with E-state index in [1.807, 2.05) is 54.4 Å². The molecule has 3 unspecified atom stereocenters. The number of fused-ring (bicyclic) bond motifs is 1. The lowest BCUT2D eigenvalue weighted by molar-refractivity contribution is 0.0607. The minimum absolute atomic E-state index is 0.165. The molecule has 0 spiro atoms. The third-order valence-corrected chi connectivity index (χ3v) is 7.68. The van der Waals surface area contributed by atoms with Crippen LogP contribution in [0.1, 0.15) is 58.5 Å². The Bertz CT molecular complexity index is 1510. The summed E-state index contributed by atoms with van der Waals surface area (Å²) >= 11 is 6.24. The van der Waals surface area contributed by atoms with Gasteiger partial charge in [-0.05, 0) is 49.9 Å². The second-order valence-corrected chi connectivity index (χ2v) is 11.3. The molecule has 204 valence electrons. The van der Waals surface area contributed by atoms with Crippen LogP contribution in [0.25, 0.3) is 5.65 Å². The van der Waals surface area contributed by atoms with E-state index < -0.39 is 11.0 Å². The summed E-state index contributed by atoms with van der Waals surface area (Å²) in [7, 11) is -1.33. The lowest BCUT2D eigenvalue weighted by Gasteiger charge is -2.35. The number of carbonyl (C=O) groups is 1. The average Bonchev–Trinajstić information content (AvgIpc) is 3.35. The quantitative estimate of drug-likeness (QED) is 0.280. The lowest BCUT2D eigenvalue weighted by Crippen LogP contribution is -2.39. The smallest absolute Gasteiger partial charge is 0.256 e. The molecule has 3 atom stereocenters. The Labute approximate surface area is 235 Å². The van der Waals surface area contributed by atoms with Gasteiger partial charge in [0.25, 0.3) is 5.91 Å². The van der Waals surface area contributed by atoms with Crippen molar-refractivity contribution in [2.24, 2.45) is 5.73 Å². The molecule has 9 nitrogen and oxygen atoms in total. The van der Waals surface area contributed by atoms with Crippen LogP contribution in [-0.4, -0.2) is 49.0 Å². The maximum atomic E-state index is 13.8. The van der Waals surface area contributed by atoms with Gasteiger partial charge in [-0.1, -0.05) is 41.9 Å². The molecule has 11 heteroatoms. The summed E-state index contributed by atoms with van der Waals surface area (Å²) in [5.41, 5.74) is 10.7. The standard InChI is InChI=1S/C28H32ClN7O2S/c1-18-17-36-26(32-27(18)31-16-22(30)19-8-4-3-5-9-19)15-24(33-36)25-10-6-7-13-35(25)28(37)21-14-20(29)11-12-23(21)34-39(2)38/h3-5,8-9,11-12,14-15,17,22,25,34H,6-7,10,13,16,30H2,1-2H3,(H,31,32). The highest BCUT2D eigenvalue weighted by Gasteiger charge is 2.32. The summed E-state index contributed by atoms with van der Waals surface area (Å²) in [5.74, 6) is 0.577. The number of nitrogens with one attached hydrogen (secondary N) is 2. The van der Waals surface area contributed by atoms with Gasteiger partial charge in [0.05, 0.1) is 23.0 Å². The number of nitrogens with zero attached hydrogens (tertiary/aromatic N) is 4. The molecule has 2 aromatic carbocycles. The van der Waals surface area contributed by atoms with E-state index in [4.69, 9.17) is 27.4 Å². The molecule has 5 rings (SSSR count). The first-order valence-corrected chi connectivity index (χ1v) is 14.9. The third-order valence-electron chi connectivity index (χ3n) is 6.94. The molecule has 0 saturated carbocycles. The van der Waals surface area contributed by atoms with Crippen LogP contribution in [0.2, 0.25) is 5.02 Å². The molecule has 0 aliphatic carbocycles. The fraction of sp³-hybridized carbons (Fsp3) is 0.321. The minimum Gasteiger partial charge on any atom is -0.368 e. The normalized spacial score (nSPS) is 17.1. The number of hydrogen-bond acceptors (Lipinski definition) is 6. The SMILES string of the molecule is Cc1cn2nc(C3CCCCN3C(=O)c3cc(Cl)ccc3NS(C)=O)cc2nc1NCC(N)c1ccccc1. The topological polar surface area (TPSA) is 118 Å². The number of benzene rings is 2. The number of nitrogens with two attached hydrogens (primary N) is 1. The number of anilines is 2. The van der Waals surface area contributed by atoms with Crippen molar-refractivity contribution in [2.45, 2.75) is 38.3 Å². The lowest BCUT2D eigenvalue weighted by atomic mass is 9.98. The van der Waals surface area contributed by atoms with E-state index in [-0.39, 0.29) is 18.0 Å². The fourth-order valence-electron chi connectivity index (χ4n) is 4.97. The van der Waals surface area contributed by atoms with Crippen molar-refractivity contribution in [3.05, 3.63) is 88.2 Å². The molecule has 4 N–H and O–H groups in total. The largest absolute Gasteiger partial charge is 0.368 e. The van der Waals surface area contributed by atoms with E-state index in [1.165, 1.54) is 6.26 Å². The zero-order valence-corrected chi connectivity index (χ0v) is 23.5. The summed E-state index contributed by atoms with van der Waals surface area (Å²) in [6.45, 7) is 3.11. The van der Waals surface area contributed by atoms with Crippen LogP contribution in [0.15, 0.2) is 60.8 Å². The van der Waals surface area contributed by atoms with E-state index >= 15 is 0 Å². The second-order valence-electron chi connectivity index (χ2n) is 9.80. The van der Waals surface area contributed by atoms with Gasteiger partial charge < -0.3 is 20.7 Å². The zero-order valence-electron chi connectivity index (χ0n) is 21.9. The molecule has 4 aromatic rings. The molecular formula is C28H32ClN7O2S. The van der Waals surface area contributed by atoms with Crippen molar-refractivity contribution in [1.82, 2.24) is 19.5 Å². The molecule has 1 saturated heterocycles. The predicted octanol–water partition coefficient (Wildman–Crippen LogP) is 4.88. The van der Waals surface area contributed by atoms with Gasteiger partial charge >= 0.3 is 0 Å². The summed E-state index contributed by atoms with van der Waals surface area (Å²) in [4.78, 5) is 20.4. The molecule has 3 heterocycles. The highest BCUT2D eigenvalue weighted by Crippen LogP contribution is 2.34. The maximum Gasteiger partial charge on any atom is 0.256 e. The molecule has 1 amide bonds. The van der Waals surface area contributed by atoms with Crippen molar-refractivity contribution in [2.75, 3.05) is 29.4 Å². The van der Waals surface area contributed by atoms with Crippen LogP contribution >= 0.6 is 11.6 Å². The van der Waals surface area contributed by atoms with Crippen molar-refractivity contribution in [3.63, 3.8) is 0 Å². The second kappa shape index (κ2) is 11.7. The highest BCUT2D eigenvalue weighted by atomic mass is 35.5. The average molecular weight is 566 g/mol. The predicted molar refractivity (Wildman–Crippen MR) is 156 cm³/mol.